The van der Waals surface area contributed by atoms with Crippen LogP contribution in [0.15, 0.2) is 48.8 Å². The van der Waals surface area contributed by atoms with E-state index in [9.17, 15) is 9.90 Å². The van der Waals surface area contributed by atoms with E-state index in [0.717, 1.165) is 29.7 Å². The molecule has 0 spiro atoms. The quantitative estimate of drug-likeness (QED) is 0.908. The van der Waals surface area contributed by atoms with Crippen molar-refractivity contribution in [2.75, 3.05) is 13.7 Å². The van der Waals surface area contributed by atoms with Crippen LogP contribution in [-0.4, -0.2) is 40.6 Å². The molecule has 1 aromatic carbocycles. The number of benzene rings is 1. The zero-order chi connectivity index (χ0) is 17.9. The smallest absolute Gasteiger partial charge is 0.227 e. The van der Waals surface area contributed by atoms with E-state index in [1.807, 2.05) is 41.3 Å². The standard InChI is InChI=1S/C20H24N2O3/c1-20(24,16-7-9-17(25-2)10-8-16)18-6-4-12-22(18)19(23)13-15-5-3-11-21-14-15/h3,5,7-11,14,18,24H,4,6,12-13H2,1-2H3. The predicted molar refractivity (Wildman–Crippen MR) is 95.2 cm³/mol. The normalized spacial score (nSPS) is 19.5. The van der Waals surface area contributed by atoms with E-state index in [2.05, 4.69) is 4.98 Å². The number of rotatable bonds is 5. The fraction of sp³-hybridized carbons (Fsp3) is 0.400. The summed E-state index contributed by atoms with van der Waals surface area (Å²) in [6.45, 7) is 2.46. The van der Waals surface area contributed by atoms with Gasteiger partial charge in [-0.2, -0.15) is 0 Å². The summed E-state index contributed by atoms with van der Waals surface area (Å²) in [5, 5.41) is 11.2. The first-order chi connectivity index (χ1) is 12.0. The zero-order valence-corrected chi connectivity index (χ0v) is 14.7. The summed E-state index contributed by atoms with van der Waals surface area (Å²) in [5.41, 5.74) is 0.578. The molecule has 1 aliphatic heterocycles. The lowest BCUT2D eigenvalue weighted by atomic mass is 9.86. The summed E-state index contributed by atoms with van der Waals surface area (Å²) in [6.07, 6.45) is 5.41. The van der Waals surface area contributed by atoms with Crippen molar-refractivity contribution in [3.8, 4) is 5.75 Å². The van der Waals surface area contributed by atoms with Gasteiger partial charge in [0.2, 0.25) is 5.91 Å². The summed E-state index contributed by atoms with van der Waals surface area (Å²) in [6, 6.07) is 10.9. The van der Waals surface area contributed by atoms with Crippen LogP contribution in [0, 0.1) is 0 Å². The zero-order valence-electron chi connectivity index (χ0n) is 14.7. The summed E-state index contributed by atoms with van der Waals surface area (Å²) in [4.78, 5) is 18.7. The fourth-order valence-corrected chi connectivity index (χ4v) is 3.55. The predicted octanol–water partition coefficient (Wildman–Crippen LogP) is 2.53. The SMILES string of the molecule is COc1ccc(C(C)(O)C2CCCN2C(=O)Cc2cccnc2)cc1. The maximum Gasteiger partial charge on any atom is 0.227 e. The van der Waals surface area contributed by atoms with Crippen molar-refractivity contribution in [3.63, 3.8) is 0 Å². The molecule has 1 aliphatic rings. The van der Waals surface area contributed by atoms with Gasteiger partial charge in [0.15, 0.2) is 0 Å². The number of methoxy groups -OCH3 is 1. The molecule has 132 valence electrons. The Labute approximate surface area is 148 Å². The summed E-state index contributed by atoms with van der Waals surface area (Å²) < 4.78 is 5.18. The first kappa shape index (κ1) is 17.4. The Morgan fingerprint density at radius 1 is 1.36 bits per heavy atom. The Balaban J connectivity index is 1.78. The number of pyridine rings is 1. The van der Waals surface area contributed by atoms with Crippen LogP contribution in [0.25, 0.3) is 0 Å². The minimum absolute atomic E-state index is 0.0317. The number of hydrogen-bond donors (Lipinski definition) is 1. The van der Waals surface area contributed by atoms with Crippen LogP contribution in [0.1, 0.15) is 30.9 Å². The number of ether oxygens (including phenoxy) is 1. The fourth-order valence-electron chi connectivity index (χ4n) is 3.55. The molecule has 2 unspecified atom stereocenters. The van der Waals surface area contributed by atoms with Crippen LogP contribution in [0.5, 0.6) is 5.75 Å². The van der Waals surface area contributed by atoms with Crippen molar-refractivity contribution in [2.45, 2.75) is 37.8 Å². The third-order valence-electron chi connectivity index (χ3n) is 4.97. The van der Waals surface area contributed by atoms with Crippen molar-refractivity contribution in [1.82, 2.24) is 9.88 Å². The Kier molecular flexibility index (Phi) is 5.04. The molecule has 1 N–H and O–H groups in total. The monoisotopic (exact) mass is 340 g/mol. The number of aliphatic hydroxyl groups is 1. The number of amides is 1. The third-order valence-corrected chi connectivity index (χ3v) is 4.97. The average molecular weight is 340 g/mol. The van der Waals surface area contributed by atoms with Gasteiger partial charge in [0.1, 0.15) is 11.4 Å². The molecule has 2 aromatic rings. The summed E-state index contributed by atoms with van der Waals surface area (Å²) in [5.74, 6) is 0.778. The minimum Gasteiger partial charge on any atom is -0.497 e. The minimum atomic E-state index is -1.10. The van der Waals surface area contributed by atoms with Crippen molar-refractivity contribution in [3.05, 3.63) is 59.9 Å². The van der Waals surface area contributed by atoms with Crippen molar-refractivity contribution in [1.29, 1.82) is 0 Å². The molecule has 0 bridgehead atoms. The molecule has 0 radical (unpaired) electrons. The Morgan fingerprint density at radius 2 is 2.12 bits per heavy atom. The van der Waals surface area contributed by atoms with Crippen LogP contribution in [0.2, 0.25) is 0 Å². The molecule has 1 fully saturated rings. The van der Waals surface area contributed by atoms with Crippen LogP contribution in [-0.2, 0) is 16.8 Å². The average Bonchev–Trinajstić information content (AvgIpc) is 3.13. The highest BCUT2D eigenvalue weighted by atomic mass is 16.5. The second-order valence-corrected chi connectivity index (χ2v) is 6.66. The number of carbonyl (C=O) groups is 1. The lowest BCUT2D eigenvalue weighted by Gasteiger charge is -2.37. The van der Waals surface area contributed by atoms with Gasteiger partial charge in [-0.15, -0.1) is 0 Å². The van der Waals surface area contributed by atoms with Crippen LogP contribution in [0.3, 0.4) is 0 Å². The van der Waals surface area contributed by atoms with Gasteiger partial charge in [-0.3, -0.25) is 9.78 Å². The molecule has 3 rings (SSSR count). The van der Waals surface area contributed by atoms with Crippen molar-refractivity contribution < 1.29 is 14.6 Å². The topological polar surface area (TPSA) is 62.7 Å². The van der Waals surface area contributed by atoms with Crippen LogP contribution in [0.4, 0.5) is 0 Å². The van der Waals surface area contributed by atoms with E-state index in [0.29, 0.717) is 13.0 Å². The summed E-state index contributed by atoms with van der Waals surface area (Å²) in [7, 11) is 1.61. The second-order valence-electron chi connectivity index (χ2n) is 6.66. The van der Waals surface area contributed by atoms with E-state index in [1.165, 1.54) is 0 Å². The third kappa shape index (κ3) is 3.66. The number of hydrogen-bond acceptors (Lipinski definition) is 4. The van der Waals surface area contributed by atoms with Gasteiger partial charge in [-0.1, -0.05) is 18.2 Å². The number of nitrogens with zero attached hydrogens (tertiary/aromatic N) is 2. The van der Waals surface area contributed by atoms with E-state index < -0.39 is 5.60 Å². The molecule has 1 aromatic heterocycles. The number of aromatic nitrogens is 1. The Morgan fingerprint density at radius 3 is 2.76 bits per heavy atom. The van der Waals surface area contributed by atoms with Gasteiger partial charge >= 0.3 is 0 Å². The first-order valence-corrected chi connectivity index (χ1v) is 8.57. The van der Waals surface area contributed by atoms with Crippen molar-refractivity contribution in [2.24, 2.45) is 0 Å². The largest absolute Gasteiger partial charge is 0.497 e. The molecule has 2 atom stereocenters. The van der Waals surface area contributed by atoms with Crippen LogP contribution >= 0.6 is 0 Å². The summed E-state index contributed by atoms with van der Waals surface area (Å²) >= 11 is 0. The van der Waals surface area contributed by atoms with Gasteiger partial charge in [-0.25, -0.2) is 0 Å². The highest BCUT2D eigenvalue weighted by molar-refractivity contribution is 5.79. The second kappa shape index (κ2) is 7.23. The van der Waals surface area contributed by atoms with Crippen LogP contribution < -0.4 is 4.74 Å². The molecule has 0 saturated carbocycles. The maximum absolute atomic E-state index is 12.8. The molecule has 0 aliphatic carbocycles. The van der Waals surface area contributed by atoms with Gasteiger partial charge in [0.25, 0.3) is 0 Å². The van der Waals surface area contributed by atoms with Gasteiger partial charge in [-0.05, 0) is 49.1 Å². The highest BCUT2D eigenvalue weighted by Gasteiger charge is 2.42. The van der Waals surface area contributed by atoms with Gasteiger partial charge in [0.05, 0.1) is 19.6 Å². The molecule has 25 heavy (non-hydrogen) atoms. The first-order valence-electron chi connectivity index (χ1n) is 8.57. The molecular weight excluding hydrogens is 316 g/mol. The molecule has 2 heterocycles. The maximum atomic E-state index is 12.8. The lowest BCUT2D eigenvalue weighted by molar-refractivity contribution is -0.137. The Hall–Kier alpha value is -2.40. The van der Waals surface area contributed by atoms with E-state index >= 15 is 0 Å². The number of carbonyl (C=O) groups excluding carboxylic acids is 1. The molecule has 5 nitrogen and oxygen atoms in total. The molecule has 1 amide bonds. The molecule has 5 heteroatoms. The van der Waals surface area contributed by atoms with E-state index in [1.54, 1.807) is 26.4 Å². The number of likely N-dealkylation sites (tertiary alicyclic amines) is 1. The van der Waals surface area contributed by atoms with Gasteiger partial charge in [0, 0.05) is 18.9 Å². The highest BCUT2D eigenvalue weighted by Crippen LogP contribution is 2.35. The van der Waals surface area contributed by atoms with Gasteiger partial charge < -0.3 is 14.7 Å². The lowest BCUT2D eigenvalue weighted by Crippen LogP contribution is -2.48. The Bertz CT molecular complexity index is 713. The van der Waals surface area contributed by atoms with E-state index in [4.69, 9.17) is 4.74 Å². The van der Waals surface area contributed by atoms with Crippen molar-refractivity contribution >= 4 is 5.91 Å². The molecular formula is C20H24N2O3. The molecule has 1 saturated heterocycles. The van der Waals surface area contributed by atoms with E-state index in [-0.39, 0.29) is 11.9 Å².